The molecule has 0 aliphatic carbocycles. The molecule has 0 aliphatic heterocycles. The van der Waals surface area contributed by atoms with Crippen LogP contribution in [0, 0.1) is 6.92 Å². The molecule has 25 heavy (non-hydrogen) atoms. The van der Waals surface area contributed by atoms with Crippen LogP contribution in [0.3, 0.4) is 0 Å². The van der Waals surface area contributed by atoms with E-state index in [2.05, 4.69) is 10.6 Å². The number of furan rings is 1. The summed E-state index contributed by atoms with van der Waals surface area (Å²) in [6.45, 7) is 4.74. The lowest BCUT2D eigenvalue weighted by Crippen LogP contribution is -2.38. The molecule has 0 saturated carbocycles. The van der Waals surface area contributed by atoms with Gasteiger partial charge in [0, 0.05) is 5.39 Å². The Morgan fingerprint density at radius 1 is 1.16 bits per heavy atom. The lowest BCUT2D eigenvalue weighted by Gasteiger charge is -2.13. The first kappa shape index (κ1) is 16.9. The van der Waals surface area contributed by atoms with Gasteiger partial charge in [-0.2, -0.15) is 0 Å². The van der Waals surface area contributed by atoms with Crippen molar-refractivity contribution in [1.82, 2.24) is 10.6 Å². The molecular weight excluding hydrogens is 316 g/mol. The van der Waals surface area contributed by atoms with Gasteiger partial charge in [0.1, 0.15) is 23.7 Å². The number of nitrogens with one attached hydrogen (secondary N) is 2. The Labute approximate surface area is 147 Å². The molecule has 0 spiro atoms. The van der Waals surface area contributed by atoms with Crippen molar-refractivity contribution in [3.8, 4) is 5.75 Å². The number of carbonyl (C=O) groups excluding carboxylic acids is 1. The van der Waals surface area contributed by atoms with Gasteiger partial charge in [0.2, 0.25) is 0 Å². The van der Waals surface area contributed by atoms with Gasteiger partial charge in [0.15, 0.2) is 0 Å². The van der Waals surface area contributed by atoms with Crippen LogP contribution in [0.4, 0.5) is 4.79 Å². The van der Waals surface area contributed by atoms with E-state index in [0.29, 0.717) is 13.2 Å². The predicted octanol–water partition coefficient (Wildman–Crippen LogP) is 4.18. The second-order valence-corrected chi connectivity index (χ2v) is 5.97. The normalized spacial score (nSPS) is 11.9. The standard InChI is InChI=1S/C20H22N2O3/c1-14-6-5-8-17(12-14)24-11-10-21-20(23)22-15(2)19-13-16-7-3-4-9-18(16)25-19/h3-9,12-13,15H,10-11H2,1-2H3,(H2,21,22,23). The maximum atomic E-state index is 12.0. The van der Waals surface area contributed by atoms with Gasteiger partial charge in [0.05, 0.1) is 12.6 Å². The largest absolute Gasteiger partial charge is 0.492 e. The van der Waals surface area contributed by atoms with Crippen molar-refractivity contribution >= 4 is 17.0 Å². The van der Waals surface area contributed by atoms with Crippen molar-refractivity contribution in [2.75, 3.05) is 13.2 Å². The summed E-state index contributed by atoms with van der Waals surface area (Å²) in [5, 5.41) is 6.68. The number of hydrogen-bond acceptors (Lipinski definition) is 3. The van der Waals surface area contributed by atoms with Crippen molar-refractivity contribution in [3.05, 3.63) is 65.9 Å². The predicted molar refractivity (Wildman–Crippen MR) is 97.8 cm³/mol. The fourth-order valence-corrected chi connectivity index (χ4v) is 2.57. The zero-order valence-electron chi connectivity index (χ0n) is 14.4. The van der Waals surface area contributed by atoms with Gasteiger partial charge in [-0.05, 0) is 43.7 Å². The second-order valence-electron chi connectivity index (χ2n) is 5.97. The van der Waals surface area contributed by atoms with E-state index in [0.717, 1.165) is 28.0 Å². The number of rotatable bonds is 6. The average molecular weight is 338 g/mol. The summed E-state index contributed by atoms with van der Waals surface area (Å²) in [7, 11) is 0. The molecule has 0 bridgehead atoms. The molecular formula is C20H22N2O3. The summed E-state index contributed by atoms with van der Waals surface area (Å²) in [4.78, 5) is 12.0. The quantitative estimate of drug-likeness (QED) is 0.663. The molecule has 0 aliphatic rings. The first-order valence-corrected chi connectivity index (χ1v) is 8.34. The molecule has 5 heteroatoms. The molecule has 1 atom stereocenters. The first-order valence-electron chi connectivity index (χ1n) is 8.34. The number of aryl methyl sites for hydroxylation is 1. The Kier molecular flexibility index (Phi) is 5.23. The molecule has 0 saturated heterocycles. The van der Waals surface area contributed by atoms with E-state index in [9.17, 15) is 4.79 Å². The molecule has 1 aromatic heterocycles. The van der Waals surface area contributed by atoms with Crippen molar-refractivity contribution in [2.45, 2.75) is 19.9 Å². The summed E-state index contributed by atoms with van der Waals surface area (Å²) in [6, 6.07) is 17.1. The maximum Gasteiger partial charge on any atom is 0.315 e. The highest BCUT2D eigenvalue weighted by molar-refractivity contribution is 5.78. The second kappa shape index (κ2) is 7.75. The molecule has 0 radical (unpaired) electrons. The number of fused-ring (bicyclic) bond motifs is 1. The van der Waals surface area contributed by atoms with E-state index < -0.39 is 0 Å². The van der Waals surface area contributed by atoms with Gasteiger partial charge in [-0.1, -0.05) is 30.3 Å². The molecule has 3 aromatic rings. The Morgan fingerprint density at radius 3 is 2.80 bits per heavy atom. The van der Waals surface area contributed by atoms with Crippen molar-refractivity contribution in [1.29, 1.82) is 0 Å². The third-order valence-electron chi connectivity index (χ3n) is 3.86. The van der Waals surface area contributed by atoms with Gasteiger partial charge in [-0.3, -0.25) is 0 Å². The van der Waals surface area contributed by atoms with Gasteiger partial charge in [-0.15, -0.1) is 0 Å². The van der Waals surface area contributed by atoms with Gasteiger partial charge in [-0.25, -0.2) is 4.79 Å². The Bertz CT molecular complexity index is 824. The zero-order chi connectivity index (χ0) is 17.6. The smallest absolute Gasteiger partial charge is 0.315 e. The number of benzene rings is 2. The molecule has 1 heterocycles. The summed E-state index contributed by atoms with van der Waals surface area (Å²) < 4.78 is 11.4. The lowest BCUT2D eigenvalue weighted by molar-refractivity contribution is 0.232. The number of amides is 2. The van der Waals surface area contributed by atoms with E-state index in [-0.39, 0.29) is 12.1 Å². The van der Waals surface area contributed by atoms with Crippen molar-refractivity contribution in [3.63, 3.8) is 0 Å². The highest BCUT2D eigenvalue weighted by Crippen LogP contribution is 2.23. The minimum Gasteiger partial charge on any atom is -0.492 e. The van der Waals surface area contributed by atoms with Crippen LogP contribution in [-0.2, 0) is 0 Å². The van der Waals surface area contributed by atoms with Crippen LogP contribution in [0.1, 0.15) is 24.3 Å². The van der Waals surface area contributed by atoms with Crippen molar-refractivity contribution < 1.29 is 13.9 Å². The fraction of sp³-hybridized carbons (Fsp3) is 0.250. The zero-order valence-corrected chi connectivity index (χ0v) is 14.4. The van der Waals surface area contributed by atoms with E-state index in [1.165, 1.54) is 0 Å². The summed E-state index contributed by atoms with van der Waals surface area (Å²) >= 11 is 0. The summed E-state index contributed by atoms with van der Waals surface area (Å²) in [6.07, 6.45) is 0. The number of carbonyl (C=O) groups is 1. The van der Waals surface area contributed by atoms with Crippen LogP contribution in [0.25, 0.3) is 11.0 Å². The Hall–Kier alpha value is -2.95. The Morgan fingerprint density at radius 2 is 2.00 bits per heavy atom. The summed E-state index contributed by atoms with van der Waals surface area (Å²) in [5.74, 6) is 1.53. The molecule has 2 aromatic carbocycles. The van der Waals surface area contributed by atoms with Crippen LogP contribution in [0.15, 0.2) is 59.0 Å². The minimum absolute atomic E-state index is 0.218. The van der Waals surface area contributed by atoms with Crippen LogP contribution < -0.4 is 15.4 Å². The maximum absolute atomic E-state index is 12.0. The van der Waals surface area contributed by atoms with Gasteiger partial charge >= 0.3 is 6.03 Å². The highest BCUT2D eigenvalue weighted by atomic mass is 16.5. The molecule has 3 rings (SSSR count). The fourth-order valence-electron chi connectivity index (χ4n) is 2.57. The number of hydrogen-bond donors (Lipinski definition) is 2. The van der Waals surface area contributed by atoms with E-state index in [4.69, 9.17) is 9.15 Å². The third kappa shape index (κ3) is 4.53. The Balaban J connectivity index is 1.44. The topological polar surface area (TPSA) is 63.5 Å². The molecule has 2 amide bonds. The molecule has 130 valence electrons. The van der Waals surface area contributed by atoms with Crippen LogP contribution in [0.5, 0.6) is 5.75 Å². The monoisotopic (exact) mass is 338 g/mol. The van der Waals surface area contributed by atoms with Crippen molar-refractivity contribution in [2.24, 2.45) is 0 Å². The van der Waals surface area contributed by atoms with E-state index in [1.54, 1.807) is 0 Å². The van der Waals surface area contributed by atoms with Gasteiger partial charge in [0.25, 0.3) is 0 Å². The lowest BCUT2D eigenvalue weighted by atomic mass is 10.2. The van der Waals surface area contributed by atoms with Crippen LogP contribution in [-0.4, -0.2) is 19.2 Å². The van der Waals surface area contributed by atoms with Gasteiger partial charge < -0.3 is 19.8 Å². The number of ether oxygens (including phenoxy) is 1. The number of urea groups is 1. The van der Waals surface area contributed by atoms with E-state index in [1.807, 2.05) is 68.4 Å². The highest BCUT2D eigenvalue weighted by Gasteiger charge is 2.13. The van der Waals surface area contributed by atoms with E-state index >= 15 is 0 Å². The molecule has 5 nitrogen and oxygen atoms in total. The summed E-state index contributed by atoms with van der Waals surface area (Å²) in [5.41, 5.74) is 1.96. The van der Waals surface area contributed by atoms with Crippen LogP contribution >= 0.6 is 0 Å². The third-order valence-corrected chi connectivity index (χ3v) is 3.86. The first-order chi connectivity index (χ1) is 12.1. The average Bonchev–Trinajstić information content (AvgIpc) is 3.03. The molecule has 1 unspecified atom stereocenters. The number of para-hydroxylation sites is 1. The minimum atomic E-state index is -0.249. The SMILES string of the molecule is Cc1cccc(OCCNC(=O)NC(C)c2cc3ccccc3o2)c1. The molecule has 2 N–H and O–H groups in total. The van der Waals surface area contributed by atoms with Crippen LogP contribution in [0.2, 0.25) is 0 Å². The molecule has 0 fully saturated rings.